The molecule has 1 atom stereocenters. The molecule has 2 heteroatoms. The second kappa shape index (κ2) is 5.46. The summed E-state index contributed by atoms with van der Waals surface area (Å²) in [5.74, 6) is 0. The quantitative estimate of drug-likeness (QED) is 0.844. The van der Waals surface area contributed by atoms with Crippen molar-refractivity contribution in [3.05, 3.63) is 35.4 Å². The minimum Gasteiger partial charge on any atom is -0.326 e. The molecule has 1 unspecified atom stereocenters. The highest BCUT2D eigenvalue weighted by Gasteiger charge is 2.17. The Morgan fingerprint density at radius 3 is 2.50 bits per heavy atom. The van der Waals surface area contributed by atoms with Crippen molar-refractivity contribution in [2.24, 2.45) is 5.73 Å². The van der Waals surface area contributed by atoms with Gasteiger partial charge in [-0.2, -0.15) is 0 Å². The molecule has 2 rings (SSSR count). The average Bonchev–Trinajstić information content (AvgIpc) is 2.33. The lowest BCUT2D eigenvalue weighted by Crippen LogP contribution is -2.36. The third kappa shape index (κ3) is 2.83. The first kappa shape index (κ1) is 11.6. The maximum atomic E-state index is 5.60. The van der Waals surface area contributed by atoms with Crippen molar-refractivity contribution in [1.29, 1.82) is 0 Å². The predicted molar refractivity (Wildman–Crippen MR) is 68.1 cm³/mol. The number of nitrogens with zero attached hydrogens (tertiary/aromatic N) is 1. The fourth-order valence-corrected chi connectivity index (χ4v) is 2.41. The molecule has 1 saturated heterocycles. The number of nitrogens with two attached hydrogens (primary N) is 1. The van der Waals surface area contributed by atoms with Crippen molar-refractivity contribution in [2.75, 3.05) is 6.54 Å². The first-order valence-electron chi connectivity index (χ1n) is 6.31. The topological polar surface area (TPSA) is 29.3 Å². The Morgan fingerprint density at radius 1 is 1.19 bits per heavy atom. The number of likely N-dealkylation sites (tertiary alicyclic amines) is 1. The minimum atomic E-state index is 0.639. The highest BCUT2D eigenvalue weighted by molar-refractivity contribution is 5.22. The van der Waals surface area contributed by atoms with Crippen LogP contribution in [0.2, 0.25) is 0 Å². The Morgan fingerprint density at radius 2 is 1.88 bits per heavy atom. The molecular formula is C14H22N2. The summed E-state index contributed by atoms with van der Waals surface area (Å²) in [4.78, 5) is 2.58. The van der Waals surface area contributed by atoms with Crippen molar-refractivity contribution < 1.29 is 0 Å². The Labute approximate surface area is 98.4 Å². The molecule has 16 heavy (non-hydrogen) atoms. The van der Waals surface area contributed by atoms with E-state index in [1.165, 1.54) is 36.9 Å². The summed E-state index contributed by atoms with van der Waals surface area (Å²) in [7, 11) is 0. The highest BCUT2D eigenvalue weighted by atomic mass is 15.2. The van der Waals surface area contributed by atoms with Gasteiger partial charge in [-0.05, 0) is 37.4 Å². The monoisotopic (exact) mass is 218 g/mol. The van der Waals surface area contributed by atoms with Crippen LogP contribution in [-0.2, 0) is 13.1 Å². The molecule has 0 saturated carbocycles. The molecule has 2 nitrogen and oxygen atoms in total. The van der Waals surface area contributed by atoms with Crippen LogP contribution in [0.4, 0.5) is 0 Å². The van der Waals surface area contributed by atoms with Gasteiger partial charge in [-0.25, -0.2) is 0 Å². The zero-order valence-electron chi connectivity index (χ0n) is 10.2. The normalized spacial score (nSPS) is 22.2. The minimum absolute atomic E-state index is 0.639. The SMILES string of the molecule is CC1CCCCN1Cc1ccc(CN)cc1. The molecule has 1 aliphatic heterocycles. The molecular weight excluding hydrogens is 196 g/mol. The summed E-state index contributed by atoms with van der Waals surface area (Å²) in [6.07, 6.45) is 4.09. The van der Waals surface area contributed by atoms with Crippen LogP contribution >= 0.6 is 0 Å². The molecule has 0 radical (unpaired) electrons. The van der Waals surface area contributed by atoms with Crippen LogP contribution < -0.4 is 5.73 Å². The Kier molecular flexibility index (Phi) is 3.97. The Bertz CT molecular complexity index is 318. The molecule has 0 aliphatic carbocycles. The molecule has 1 aromatic rings. The summed E-state index contributed by atoms with van der Waals surface area (Å²) in [5, 5.41) is 0. The predicted octanol–water partition coefficient (Wildman–Crippen LogP) is 2.52. The van der Waals surface area contributed by atoms with Crippen molar-refractivity contribution in [2.45, 2.75) is 45.3 Å². The van der Waals surface area contributed by atoms with E-state index in [1.807, 2.05) is 0 Å². The van der Waals surface area contributed by atoms with Crippen LogP contribution in [0.5, 0.6) is 0 Å². The maximum absolute atomic E-state index is 5.60. The molecule has 1 aliphatic rings. The van der Waals surface area contributed by atoms with Crippen LogP contribution in [0.3, 0.4) is 0 Å². The van der Waals surface area contributed by atoms with Gasteiger partial charge in [-0.3, -0.25) is 4.90 Å². The summed E-state index contributed by atoms with van der Waals surface area (Å²) in [6, 6.07) is 9.45. The lowest BCUT2D eigenvalue weighted by atomic mass is 10.0. The van der Waals surface area contributed by atoms with E-state index in [0.717, 1.165) is 12.6 Å². The first-order valence-corrected chi connectivity index (χ1v) is 6.31. The zero-order valence-corrected chi connectivity index (χ0v) is 10.2. The first-order chi connectivity index (χ1) is 7.79. The van der Waals surface area contributed by atoms with Crippen molar-refractivity contribution in [3.8, 4) is 0 Å². The summed E-state index contributed by atoms with van der Waals surface area (Å²) in [5.41, 5.74) is 8.22. The van der Waals surface area contributed by atoms with E-state index in [4.69, 9.17) is 5.73 Å². The maximum Gasteiger partial charge on any atom is 0.0236 e. The van der Waals surface area contributed by atoms with Gasteiger partial charge in [0.15, 0.2) is 0 Å². The van der Waals surface area contributed by atoms with E-state index < -0.39 is 0 Å². The number of benzene rings is 1. The van der Waals surface area contributed by atoms with E-state index >= 15 is 0 Å². The number of rotatable bonds is 3. The molecule has 0 bridgehead atoms. The largest absolute Gasteiger partial charge is 0.326 e. The third-order valence-electron chi connectivity index (χ3n) is 3.58. The lowest BCUT2D eigenvalue weighted by molar-refractivity contribution is 0.152. The second-order valence-corrected chi connectivity index (χ2v) is 4.84. The fourth-order valence-electron chi connectivity index (χ4n) is 2.41. The standard InChI is InChI=1S/C14H22N2/c1-12-4-2-3-9-16(12)11-14-7-5-13(10-15)6-8-14/h5-8,12H,2-4,9-11,15H2,1H3. The number of hydrogen-bond donors (Lipinski definition) is 1. The second-order valence-electron chi connectivity index (χ2n) is 4.84. The van der Waals surface area contributed by atoms with Gasteiger partial charge in [0.2, 0.25) is 0 Å². The molecule has 1 heterocycles. The summed E-state index contributed by atoms with van der Waals surface area (Å²) >= 11 is 0. The van der Waals surface area contributed by atoms with Gasteiger partial charge in [0.05, 0.1) is 0 Å². The zero-order chi connectivity index (χ0) is 11.4. The molecule has 0 aromatic heterocycles. The van der Waals surface area contributed by atoms with Crippen LogP contribution in [0.15, 0.2) is 24.3 Å². The van der Waals surface area contributed by atoms with Crippen molar-refractivity contribution >= 4 is 0 Å². The van der Waals surface area contributed by atoms with Gasteiger partial charge in [0.25, 0.3) is 0 Å². The molecule has 2 N–H and O–H groups in total. The van der Waals surface area contributed by atoms with Crippen LogP contribution in [0.1, 0.15) is 37.3 Å². The van der Waals surface area contributed by atoms with Gasteiger partial charge in [-0.15, -0.1) is 0 Å². The van der Waals surface area contributed by atoms with Crippen molar-refractivity contribution in [1.82, 2.24) is 4.90 Å². The van der Waals surface area contributed by atoms with Crippen LogP contribution in [0.25, 0.3) is 0 Å². The summed E-state index contributed by atoms with van der Waals surface area (Å²) in [6.45, 7) is 5.32. The van der Waals surface area contributed by atoms with Crippen LogP contribution in [-0.4, -0.2) is 17.5 Å². The van der Waals surface area contributed by atoms with Gasteiger partial charge >= 0.3 is 0 Å². The molecule has 1 aromatic carbocycles. The van der Waals surface area contributed by atoms with E-state index in [1.54, 1.807) is 0 Å². The van der Waals surface area contributed by atoms with E-state index in [9.17, 15) is 0 Å². The van der Waals surface area contributed by atoms with Crippen molar-refractivity contribution in [3.63, 3.8) is 0 Å². The number of hydrogen-bond acceptors (Lipinski definition) is 2. The number of piperidine rings is 1. The smallest absolute Gasteiger partial charge is 0.0236 e. The fraction of sp³-hybridized carbons (Fsp3) is 0.571. The van der Waals surface area contributed by atoms with Gasteiger partial charge in [0, 0.05) is 19.1 Å². The summed E-state index contributed by atoms with van der Waals surface area (Å²) < 4.78 is 0. The van der Waals surface area contributed by atoms with Gasteiger partial charge < -0.3 is 5.73 Å². The van der Waals surface area contributed by atoms with Crippen LogP contribution in [0, 0.1) is 0 Å². The molecule has 0 amide bonds. The van der Waals surface area contributed by atoms with E-state index in [2.05, 4.69) is 36.1 Å². The molecule has 88 valence electrons. The average molecular weight is 218 g/mol. The molecule has 1 fully saturated rings. The lowest BCUT2D eigenvalue weighted by Gasteiger charge is -2.33. The Hall–Kier alpha value is -0.860. The third-order valence-corrected chi connectivity index (χ3v) is 3.58. The van der Waals surface area contributed by atoms with Gasteiger partial charge in [-0.1, -0.05) is 30.7 Å². The Balaban J connectivity index is 1.96. The van der Waals surface area contributed by atoms with E-state index in [0.29, 0.717) is 6.54 Å². The van der Waals surface area contributed by atoms with Gasteiger partial charge in [0.1, 0.15) is 0 Å². The highest BCUT2D eigenvalue weighted by Crippen LogP contribution is 2.19. The van der Waals surface area contributed by atoms with E-state index in [-0.39, 0.29) is 0 Å². The molecule has 0 spiro atoms.